The van der Waals surface area contributed by atoms with Crippen molar-refractivity contribution in [3.8, 4) is 5.69 Å². The van der Waals surface area contributed by atoms with Crippen molar-refractivity contribution in [3.05, 3.63) is 50.5 Å². The summed E-state index contributed by atoms with van der Waals surface area (Å²) in [6.45, 7) is 4.02. The number of carbonyl (C=O) groups is 1. The maximum Gasteiger partial charge on any atom is 0.311 e. The highest BCUT2D eigenvalue weighted by Gasteiger charge is 2.48. The second-order valence-corrected chi connectivity index (χ2v) is 9.14. The molecule has 0 unspecified atom stereocenters. The summed E-state index contributed by atoms with van der Waals surface area (Å²) in [7, 11) is 1.44. The molecule has 3 saturated carbocycles. The molecule has 3 fully saturated rings. The number of esters is 1. The Morgan fingerprint density at radius 2 is 1.76 bits per heavy atom. The summed E-state index contributed by atoms with van der Waals surface area (Å²) in [6, 6.07) is 5.90. The molecule has 2 bridgehead atoms. The molecule has 29 heavy (non-hydrogen) atoms. The van der Waals surface area contributed by atoms with Crippen molar-refractivity contribution in [2.75, 3.05) is 12.4 Å². The third-order valence-electron chi connectivity index (χ3n) is 6.36. The van der Waals surface area contributed by atoms with Gasteiger partial charge < -0.3 is 10.1 Å². The van der Waals surface area contributed by atoms with E-state index in [1.807, 2.05) is 26.0 Å². The van der Waals surface area contributed by atoms with Gasteiger partial charge in [0.1, 0.15) is 4.60 Å². The van der Waals surface area contributed by atoms with Crippen molar-refractivity contribution < 1.29 is 9.53 Å². The van der Waals surface area contributed by atoms with E-state index in [0.717, 1.165) is 42.5 Å². The standard InChI is InChI=1S/C22H26BrN3O3/c1-12-8-13(2)10-16(9-12)26-11-17(23)24-20(21(26)27)25-19-15-6-4-14(5-7-15)18(19)22(28)29-3/h8-11,14-15,18-19H,4-7H2,1-3H3,(H,24,25)/t14?,15?,18-,19-/m0/s1. The predicted octanol–water partition coefficient (Wildman–Crippen LogP) is 4.00. The SMILES string of the molecule is COC(=O)[C@H]1C2CCC(CC2)[C@@H]1Nc1nc(Br)cn(-c2cc(C)cc(C)c2)c1=O. The number of rotatable bonds is 4. The summed E-state index contributed by atoms with van der Waals surface area (Å²) < 4.78 is 7.26. The summed E-state index contributed by atoms with van der Waals surface area (Å²) >= 11 is 3.44. The lowest BCUT2D eigenvalue weighted by atomic mass is 9.61. The summed E-state index contributed by atoms with van der Waals surface area (Å²) in [5.41, 5.74) is 2.76. The summed E-state index contributed by atoms with van der Waals surface area (Å²) in [6.07, 6.45) is 5.90. The number of hydrogen-bond acceptors (Lipinski definition) is 5. The molecule has 1 aromatic heterocycles. The van der Waals surface area contributed by atoms with Crippen molar-refractivity contribution in [2.45, 2.75) is 45.6 Å². The van der Waals surface area contributed by atoms with Gasteiger partial charge in [0.25, 0.3) is 5.56 Å². The van der Waals surface area contributed by atoms with Crippen LogP contribution in [-0.4, -0.2) is 28.7 Å². The van der Waals surface area contributed by atoms with Crippen LogP contribution >= 0.6 is 15.9 Å². The average Bonchev–Trinajstić information content (AvgIpc) is 2.70. The van der Waals surface area contributed by atoms with E-state index in [4.69, 9.17) is 4.74 Å². The Kier molecular flexibility index (Phi) is 5.51. The van der Waals surface area contributed by atoms with E-state index >= 15 is 0 Å². The van der Waals surface area contributed by atoms with Crippen molar-refractivity contribution in [1.29, 1.82) is 0 Å². The number of fused-ring (bicyclic) bond motifs is 3. The normalized spacial score (nSPS) is 25.7. The van der Waals surface area contributed by atoms with E-state index in [-0.39, 0.29) is 29.3 Å². The first-order chi connectivity index (χ1) is 13.9. The number of nitrogens with zero attached hydrogens (tertiary/aromatic N) is 2. The monoisotopic (exact) mass is 459 g/mol. The predicted molar refractivity (Wildman–Crippen MR) is 115 cm³/mol. The smallest absolute Gasteiger partial charge is 0.311 e. The fourth-order valence-electron chi connectivity index (χ4n) is 5.13. The molecule has 7 heteroatoms. The largest absolute Gasteiger partial charge is 0.469 e. The summed E-state index contributed by atoms with van der Waals surface area (Å²) in [5.74, 6) is 0.492. The van der Waals surface area contributed by atoms with Gasteiger partial charge in [-0.3, -0.25) is 14.2 Å². The molecule has 1 aromatic carbocycles. The first-order valence-corrected chi connectivity index (χ1v) is 10.9. The molecule has 1 N–H and O–H groups in total. The van der Waals surface area contributed by atoms with E-state index in [9.17, 15) is 9.59 Å². The Morgan fingerprint density at radius 3 is 2.38 bits per heavy atom. The van der Waals surface area contributed by atoms with Crippen LogP contribution in [0.15, 0.2) is 33.8 Å². The molecular formula is C22H26BrN3O3. The summed E-state index contributed by atoms with van der Waals surface area (Å²) in [5, 5.41) is 3.35. The van der Waals surface area contributed by atoms with Gasteiger partial charge in [-0.25, -0.2) is 4.98 Å². The lowest BCUT2D eigenvalue weighted by Crippen LogP contribution is -2.52. The van der Waals surface area contributed by atoms with E-state index in [1.165, 1.54) is 7.11 Å². The Labute approximate surface area is 178 Å². The number of anilines is 1. The topological polar surface area (TPSA) is 73.2 Å². The minimum absolute atomic E-state index is 0.128. The molecule has 0 spiro atoms. The molecule has 2 atom stereocenters. The van der Waals surface area contributed by atoms with Gasteiger partial charge in [0, 0.05) is 17.9 Å². The minimum Gasteiger partial charge on any atom is -0.469 e. The number of ether oxygens (including phenoxy) is 1. The number of methoxy groups -OCH3 is 1. The van der Waals surface area contributed by atoms with Crippen LogP contribution in [0.4, 0.5) is 5.82 Å². The molecule has 6 nitrogen and oxygen atoms in total. The lowest BCUT2D eigenvalue weighted by Gasteiger charge is -2.47. The van der Waals surface area contributed by atoms with Gasteiger partial charge in [0.05, 0.1) is 13.0 Å². The molecule has 0 radical (unpaired) electrons. The third-order valence-corrected chi connectivity index (χ3v) is 6.74. The second-order valence-electron chi connectivity index (χ2n) is 8.33. The maximum atomic E-state index is 13.3. The molecule has 5 rings (SSSR count). The van der Waals surface area contributed by atoms with Crippen LogP contribution in [0.25, 0.3) is 5.69 Å². The van der Waals surface area contributed by atoms with E-state index < -0.39 is 0 Å². The average molecular weight is 460 g/mol. The van der Waals surface area contributed by atoms with Gasteiger partial charge in [-0.15, -0.1) is 0 Å². The maximum absolute atomic E-state index is 13.3. The molecule has 1 heterocycles. The number of hydrogen-bond donors (Lipinski definition) is 1. The fraction of sp³-hybridized carbons (Fsp3) is 0.500. The van der Waals surface area contributed by atoms with Crippen LogP contribution < -0.4 is 10.9 Å². The zero-order valence-corrected chi connectivity index (χ0v) is 18.5. The van der Waals surface area contributed by atoms with E-state index in [1.54, 1.807) is 10.8 Å². The van der Waals surface area contributed by atoms with Gasteiger partial charge in [-0.2, -0.15) is 0 Å². The first-order valence-electron chi connectivity index (χ1n) is 10.1. The first kappa shape index (κ1) is 20.1. The third kappa shape index (κ3) is 3.84. The van der Waals surface area contributed by atoms with Crippen molar-refractivity contribution in [1.82, 2.24) is 9.55 Å². The van der Waals surface area contributed by atoms with Gasteiger partial charge in [-0.05, 0) is 90.6 Å². The highest BCUT2D eigenvalue weighted by atomic mass is 79.9. The van der Waals surface area contributed by atoms with Gasteiger partial charge in [0.2, 0.25) is 0 Å². The second kappa shape index (κ2) is 7.94. The van der Waals surface area contributed by atoms with Crippen LogP contribution in [0.2, 0.25) is 0 Å². The molecule has 0 aliphatic heterocycles. The van der Waals surface area contributed by atoms with Crippen LogP contribution in [0, 0.1) is 31.6 Å². The van der Waals surface area contributed by atoms with Gasteiger partial charge in [0.15, 0.2) is 5.82 Å². The van der Waals surface area contributed by atoms with E-state index in [0.29, 0.717) is 16.4 Å². The number of halogens is 1. The molecule has 0 saturated heterocycles. The van der Waals surface area contributed by atoms with Crippen molar-refractivity contribution in [3.63, 3.8) is 0 Å². The van der Waals surface area contributed by atoms with Crippen molar-refractivity contribution in [2.24, 2.45) is 17.8 Å². The molecule has 2 aromatic rings. The number of aromatic nitrogens is 2. The molecule has 3 aliphatic rings. The zero-order valence-electron chi connectivity index (χ0n) is 16.9. The summed E-state index contributed by atoms with van der Waals surface area (Å²) in [4.78, 5) is 30.2. The molecular weight excluding hydrogens is 434 g/mol. The van der Waals surface area contributed by atoms with Gasteiger partial charge in [-0.1, -0.05) is 6.07 Å². The molecule has 0 amide bonds. The fourth-order valence-corrected chi connectivity index (χ4v) is 5.51. The molecule has 154 valence electrons. The number of nitrogens with one attached hydrogen (secondary N) is 1. The van der Waals surface area contributed by atoms with Crippen LogP contribution in [0.5, 0.6) is 0 Å². The van der Waals surface area contributed by atoms with E-state index in [2.05, 4.69) is 32.3 Å². The minimum atomic E-state index is -0.234. The Hall–Kier alpha value is -2.15. The Balaban J connectivity index is 1.73. The van der Waals surface area contributed by atoms with Crippen molar-refractivity contribution >= 4 is 27.7 Å². The van der Waals surface area contributed by atoms with Crippen LogP contribution in [0.1, 0.15) is 36.8 Å². The molecule has 3 aliphatic carbocycles. The number of benzene rings is 1. The zero-order chi connectivity index (χ0) is 20.7. The number of aryl methyl sites for hydroxylation is 2. The van der Waals surface area contributed by atoms with Crippen LogP contribution in [-0.2, 0) is 9.53 Å². The lowest BCUT2D eigenvalue weighted by molar-refractivity contribution is -0.152. The highest BCUT2D eigenvalue weighted by Crippen LogP contribution is 2.46. The quantitative estimate of drug-likeness (QED) is 0.699. The number of carbonyl (C=O) groups excluding carboxylic acids is 1. The Bertz CT molecular complexity index is 975. The Morgan fingerprint density at radius 1 is 1.14 bits per heavy atom. The highest BCUT2D eigenvalue weighted by molar-refractivity contribution is 9.10. The van der Waals surface area contributed by atoms with Gasteiger partial charge >= 0.3 is 5.97 Å². The van der Waals surface area contributed by atoms with Crippen LogP contribution in [0.3, 0.4) is 0 Å².